The van der Waals surface area contributed by atoms with Crippen molar-refractivity contribution >= 4 is 46.4 Å². The summed E-state index contributed by atoms with van der Waals surface area (Å²) in [6, 6.07) is 3.28. The van der Waals surface area contributed by atoms with Crippen LogP contribution in [-0.4, -0.2) is 19.8 Å². The van der Waals surface area contributed by atoms with Gasteiger partial charge in [0.05, 0.1) is 16.7 Å². The Bertz CT molecular complexity index is 453. The Balaban J connectivity index is 2.56. The highest BCUT2D eigenvalue weighted by molar-refractivity contribution is 6.55. The average Bonchev–Trinajstić information content (AvgIpc) is 2.40. The summed E-state index contributed by atoms with van der Waals surface area (Å²) in [7, 11) is 0. The molecule has 0 bridgehead atoms. The summed E-state index contributed by atoms with van der Waals surface area (Å²) in [6.45, 7) is 1.47. The van der Waals surface area contributed by atoms with E-state index in [-0.39, 0.29) is 11.1 Å². The molecule has 0 unspecified atom stereocenters. The molecule has 1 rings (SSSR count). The number of halogens is 4. The molecule has 0 aliphatic rings. The van der Waals surface area contributed by atoms with E-state index >= 15 is 0 Å². The van der Waals surface area contributed by atoms with E-state index < -0.39 is 0 Å². The summed E-state index contributed by atoms with van der Waals surface area (Å²) >= 11 is 23.3. The summed E-state index contributed by atoms with van der Waals surface area (Å²) in [5.74, 6) is 0.982. The van der Waals surface area contributed by atoms with Crippen LogP contribution in [0.4, 0.5) is 0 Å². The van der Waals surface area contributed by atoms with Gasteiger partial charge >= 0.3 is 0 Å². The molecule has 0 spiro atoms. The smallest absolute Gasteiger partial charge is 0.156 e. The second-order valence-electron chi connectivity index (χ2n) is 4.22. The summed E-state index contributed by atoms with van der Waals surface area (Å²) in [5, 5.41) is 0.801. The number of unbranched alkanes of at least 4 members (excludes halogenated alkanes) is 2. The molecule has 0 amide bonds. The first kappa shape index (κ1) is 18.7. The molecule has 1 aromatic carbocycles. The Hall–Kier alpha value is -0.320. The van der Waals surface area contributed by atoms with E-state index in [2.05, 4.69) is 0 Å². The maximum atomic E-state index is 6.14. The van der Waals surface area contributed by atoms with E-state index in [1.54, 1.807) is 12.1 Å². The molecule has 0 atom stereocenters. The van der Waals surface area contributed by atoms with Gasteiger partial charge in [-0.25, -0.2) is 0 Å². The van der Waals surface area contributed by atoms with Gasteiger partial charge in [0.2, 0.25) is 0 Å². The fourth-order valence-electron chi connectivity index (χ4n) is 1.56. The van der Waals surface area contributed by atoms with Crippen LogP contribution < -0.4 is 15.2 Å². The highest BCUT2D eigenvalue weighted by atomic mass is 35.5. The Morgan fingerprint density at radius 2 is 1.71 bits per heavy atom. The minimum absolute atomic E-state index is 0.143. The molecule has 2 N–H and O–H groups in total. The molecule has 0 aliphatic carbocycles. The van der Waals surface area contributed by atoms with Crippen LogP contribution >= 0.6 is 46.4 Å². The van der Waals surface area contributed by atoms with Gasteiger partial charge in [0.1, 0.15) is 16.8 Å². The van der Waals surface area contributed by atoms with Crippen molar-refractivity contribution in [3.8, 4) is 11.5 Å². The molecule has 3 nitrogen and oxygen atoms in total. The van der Waals surface area contributed by atoms with E-state index in [9.17, 15) is 0 Å². The molecule has 7 heteroatoms. The summed E-state index contributed by atoms with van der Waals surface area (Å²) in [4.78, 5) is 0. The fourth-order valence-corrected chi connectivity index (χ4v) is 2.26. The van der Waals surface area contributed by atoms with Crippen LogP contribution in [-0.2, 0) is 0 Å². The lowest BCUT2D eigenvalue weighted by atomic mass is 10.2. The molecular weight excluding hydrogens is 356 g/mol. The molecule has 0 heterocycles. The topological polar surface area (TPSA) is 44.5 Å². The zero-order valence-electron chi connectivity index (χ0n) is 11.4. The van der Waals surface area contributed by atoms with Crippen LogP contribution in [0.2, 0.25) is 10.0 Å². The quantitative estimate of drug-likeness (QED) is 0.606. The maximum absolute atomic E-state index is 6.14. The first-order valence-corrected chi connectivity index (χ1v) is 8.01. The van der Waals surface area contributed by atoms with Crippen LogP contribution in [0.15, 0.2) is 22.7 Å². The number of benzene rings is 1. The van der Waals surface area contributed by atoms with Gasteiger partial charge in [-0.05, 0) is 31.9 Å². The van der Waals surface area contributed by atoms with Gasteiger partial charge in [-0.1, -0.05) is 46.4 Å². The Morgan fingerprint density at radius 1 is 1.05 bits per heavy atom. The molecule has 0 radical (unpaired) electrons. The maximum Gasteiger partial charge on any atom is 0.156 e. The van der Waals surface area contributed by atoms with Crippen molar-refractivity contribution < 1.29 is 9.47 Å². The number of hydrogen-bond donors (Lipinski definition) is 1. The van der Waals surface area contributed by atoms with Crippen molar-refractivity contribution in [3.05, 3.63) is 32.7 Å². The molecule has 21 heavy (non-hydrogen) atoms. The molecular formula is C14H17Cl4NO2. The van der Waals surface area contributed by atoms with Crippen LogP contribution in [0.3, 0.4) is 0 Å². The molecule has 1 aromatic rings. The molecule has 0 fully saturated rings. The summed E-state index contributed by atoms with van der Waals surface area (Å²) in [6.07, 6.45) is 4.42. The Labute approximate surface area is 144 Å². The van der Waals surface area contributed by atoms with E-state index in [4.69, 9.17) is 61.6 Å². The highest BCUT2D eigenvalue weighted by Crippen LogP contribution is 2.37. The molecule has 0 aromatic heterocycles. The first-order chi connectivity index (χ1) is 10.0. The molecule has 0 saturated carbocycles. The Kier molecular flexibility index (Phi) is 9.29. The number of ether oxygens (including phenoxy) is 2. The second-order valence-corrected chi connectivity index (χ2v) is 6.04. The van der Waals surface area contributed by atoms with Gasteiger partial charge in [0.15, 0.2) is 5.75 Å². The van der Waals surface area contributed by atoms with E-state index in [0.29, 0.717) is 34.7 Å². The van der Waals surface area contributed by atoms with Crippen molar-refractivity contribution in [1.29, 1.82) is 0 Å². The van der Waals surface area contributed by atoms with Crippen molar-refractivity contribution in [1.82, 2.24) is 0 Å². The van der Waals surface area contributed by atoms with Crippen molar-refractivity contribution in [3.63, 3.8) is 0 Å². The van der Waals surface area contributed by atoms with E-state index in [0.717, 1.165) is 19.3 Å². The normalized spacial score (nSPS) is 10.3. The number of nitrogens with two attached hydrogens (primary N) is 1. The van der Waals surface area contributed by atoms with Gasteiger partial charge in [-0.2, -0.15) is 0 Å². The van der Waals surface area contributed by atoms with Crippen LogP contribution in [0.25, 0.3) is 0 Å². The zero-order valence-corrected chi connectivity index (χ0v) is 14.4. The van der Waals surface area contributed by atoms with Gasteiger partial charge in [0, 0.05) is 12.1 Å². The van der Waals surface area contributed by atoms with Crippen molar-refractivity contribution in [2.45, 2.75) is 19.3 Å². The SMILES string of the molecule is NCCCCCOc1c(Cl)cc(OCC=C(Cl)Cl)cc1Cl. The van der Waals surface area contributed by atoms with Gasteiger partial charge in [-0.15, -0.1) is 0 Å². The minimum Gasteiger partial charge on any atom is -0.490 e. The first-order valence-electron chi connectivity index (χ1n) is 6.50. The van der Waals surface area contributed by atoms with Crippen molar-refractivity contribution in [2.24, 2.45) is 5.73 Å². The van der Waals surface area contributed by atoms with Crippen LogP contribution in [0.5, 0.6) is 11.5 Å². The lowest BCUT2D eigenvalue weighted by Crippen LogP contribution is -2.02. The monoisotopic (exact) mass is 371 g/mol. The van der Waals surface area contributed by atoms with Crippen molar-refractivity contribution in [2.75, 3.05) is 19.8 Å². The van der Waals surface area contributed by atoms with Gasteiger partial charge in [0.25, 0.3) is 0 Å². The highest BCUT2D eigenvalue weighted by Gasteiger charge is 2.10. The Morgan fingerprint density at radius 3 is 2.29 bits per heavy atom. The lowest BCUT2D eigenvalue weighted by Gasteiger charge is -2.12. The second kappa shape index (κ2) is 10.4. The third-order valence-electron chi connectivity index (χ3n) is 2.55. The largest absolute Gasteiger partial charge is 0.490 e. The minimum atomic E-state index is 0.143. The third-order valence-corrected chi connectivity index (χ3v) is 3.42. The third kappa shape index (κ3) is 7.48. The predicted molar refractivity (Wildman–Crippen MR) is 90.1 cm³/mol. The average molecular weight is 373 g/mol. The molecule has 0 aliphatic heterocycles. The van der Waals surface area contributed by atoms with Crippen LogP contribution in [0.1, 0.15) is 19.3 Å². The predicted octanol–water partition coefficient (Wildman–Crippen LogP) is 5.20. The zero-order chi connectivity index (χ0) is 15.7. The van der Waals surface area contributed by atoms with E-state index in [1.165, 1.54) is 6.08 Å². The van der Waals surface area contributed by atoms with E-state index in [1.807, 2.05) is 0 Å². The lowest BCUT2D eigenvalue weighted by molar-refractivity contribution is 0.305. The molecule has 118 valence electrons. The van der Waals surface area contributed by atoms with Crippen LogP contribution in [0, 0.1) is 0 Å². The van der Waals surface area contributed by atoms with Gasteiger partial charge in [-0.3, -0.25) is 0 Å². The summed E-state index contributed by atoms with van der Waals surface area (Å²) in [5.41, 5.74) is 5.43. The van der Waals surface area contributed by atoms with Gasteiger partial charge < -0.3 is 15.2 Å². The summed E-state index contributed by atoms with van der Waals surface area (Å²) < 4.78 is 11.1. The number of hydrogen-bond acceptors (Lipinski definition) is 3. The standard InChI is InChI=1S/C14H17Cl4NO2/c15-11-8-10(20-7-4-13(17)18)9-12(16)14(11)21-6-3-1-2-5-19/h4,8-9H,1-3,5-7,19H2. The fraction of sp³-hybridized carbons (Fsp3) is 0.429. The number of rotatable bonds is 9. The molecule has 0 saturated heterocycles.